The Labute approximate surface area is 191 Å². The Bertz CT molecular complexity index is 680. The molecule has 5 aliphatic carbocycles. The maximum absolute atomic E-state index is 11.4. The number of rotatable bonds is 2. The first-order valence-corrected chi connectivity index (χ1v) is 13.7. The van der Waals surface area contributed by atoms with Gasteiger partial charge >= 0.3 is 0 Å². The Kier molecular flexibility index (Phi) is 6.19. The van der Waals surface area contributed by atoms with Crippen LogP contribution in [-0.4, -0.2) is 17.8 Å². The summed E-state index contributed by atoms with van der Waals surface area (Å²) in [7, 11) is 0. The molecule has 5 fully saturated rings. The average molecular weight is 432 g/mol. The van der Waals surface area contributed by atoms with E-state index in [0.29, 0.717) is 34.7 Å². The average Bonchev–Trinajstić information content (AvgIpc) is 3.20. The van der Waals surface area contributed by atoms with Gasteiger partial charge in [0.15, 0.2) is 0 Å². The first kappa shape index (κ1) is 23.7. The molecule has 178 valence electrons. The fraction of sp³-hybridized carbons (Fsp3) is 1.00. The molecular formula is C28H49NO2. The summed E-state index contributed by atoms with van der Waals surface area (Å²) in [6.07, 6.45) is 14.1. The van der Waals surface area contributed by atoms with Gasteiger partial charge in [-0.25, -0.2) is 0 Å². The lowest BCUT2D eigenvalue weighted by molar-refractivity contribution is -0.229. The highest BCUT2D eigenvalue weighted by Gasteiger charge is 2.68. The molecule has 0 amide bonds. The molecule has 0 spiro atoms. The van der Waals surface area contributed by atoms with E-state index in [4.69, 9.17) is 0 Å². The molecule has 0 aromatic rings. The van der Waals surface area contributed by atoms with Crippen LogP contribution < -0.4 is 0 Å². The second-order valence-corrected chi connectivity index (χ2v) is 12.8. The fourth-order valence-electron chi connectivity index (χ4n) is 10.7. The van der Waals surface area contributed by atoms with Crippen molar-refractivity contribution in [2.45, 2.75) is 118 Å². The lowest BCUT2D eigenvalue weighted by atomic mass is 9.33. The number of nitroso groups, excluding NO2 is 1. The van der Waals surface area contributed by atoms with Crippen molar-refractivity contribution in [2.75, 3.05) is 6.61 Å². The van der Waals surface area contributed by atoms with Gasteiger partial charge in [0, 0.05) is 6.61 Å². The van der Waals surface area contributed by atoms with Gasteiger partial charge in [-0.05, 0) is 115 Å². The van der Waals surface area contributed by atoms with Crippen molar-refractivity contribution in [3.63, 3.8) is 0 Å². The van der Waals surface area contributed by atoms with Gasteiger partial charge in [-0.3, -0.25) is 0 Å². The van der Waals surface area contributed by atoms with Gasteiger partial charge in [0.1, 0.15) is 0 Å². The molecule has 3 heteroatoms. The van der Waals surface area contributed by atoms with Crippen molar-refractivity contribution in [3.8, 4) is 0 Å². The number of hydrogen-bond donors (Lipinski definition) is 1. The first-order chi connectivity index (χ1) is 14.8. The Morgan fingerprint density at radius 2 is 1.55 bits per heavy atom. The van der Waals surface area contributed by atoms with E-state index in [-0.39, 0.29) is 11.5 Å². The molecular weight excluding hydrogens is 382 g/mol. The molecule has 5 rings (SSSR count). The van der Waals surface area contributed by atoms with Gasteiger partial charge in [0.05, 0.1) is 6.04 Å². The van der Waals surface area contributed by atoms with E-state index >= 15 is 0 Å². The lowest BCUT2D eigenvalue weighted by Crippen LogP contribution is -2.65. The number of hydrogen-bond acceptors (Lipinski definition) is 3. The summed E-state index contributed by atoms with van der Waals surface area (Å²) in [6.45, 7) is 14.7. The van der Waals surface area contributed by atoms with Gasteiger partial charge in [0.2, 0.25) is 0 Å². The summed E-state index contributed by atoms with van der Waals surface area (Å²) in [5.74, 6) is 3.46. The predicted molar refractivity (Wildman–Crippen MR) is 129 cm³/mol. The van der Waals surface area contributed by atoms with E-state index in [1.807, 2.05) is 13.8 Å². The van der Waals surface area contributed by atoms with Crippen LogP contribution in [0.3, 0.4) is 0 Å². The fourth-order valence-corrected chi connectivity index (χ4v) is 10.7. The molecule has 3 nitrogen and oxygen atoms in total. The Balaban J connectivity index is 0.00000112. The van der Waals surface area contributed by atoms with Gasteiger partial charge in [-0.15, -0.1) is 0 Å². The molecule has 10 atom stereocenters. The lowest BCUT2D eigenvalue weighted by Gasteiger charge is -2.71. The third-order valence-corrected chi connectivity index (χ3v) is 12.6. The predicted octanol–water partition coefficient (Wildman–Crippen LogP) is 7.61. The molecule has 0 radical (unpaired) electrons. The molecule has 0 aromatic carbocycles. The highest BCUT2D eigenvalue weighted by atomic mass is 16.3. The number of nitrogens with zero attached hydrogens (tertiary/aromatic N) is 1. The summed E-state index contributed by atoms with van der Waals surface area (Å²) < 4.78 is 0. The molecule has 0 aromatic heterocycles. The minimum Gasteiger partial charge on any atom is -0.396 e. The largest absolute Gasteiger partial charge is 0.396 e. The highest BCUT2D eigenvalue weighted by Crippen LogP contribution is 2.75. The van der Waals surface area contributed by atoms with E-state index in [1.54, 1.807) is 0 Å². The molecule has 5 saturated carbocycles. The quantitative estimate of drug-likeness (QED) is 0.457. The van der Waals surface area contributed by atoms with Crippen LogP contribution in [0, 0.1) is 56.2 Å². The molecule has 5 aliphatic rings. The van der Waals surface area contributed by atoms with Crippen molar-refractivity contribution < 1.29 is 5.11 Å². The van der Waals surface area contributed by atoms with Crippen molar-refractivity contribution in [3.05, 3.63) is 4.91 Å². The summed E-state index contributed by atoms with van der Waals surface area (Å²) in [4.78, 5) is 11.4. The summed E-state index contributed by atoms with van der Waals surface area (Å²) in [6, 6.07) is 0.0442. The van der Waals surface area contributed by atoms with Crippen molar-refractivity contribution in [2.24, 2.45) is 56.4 Å². The molecule has 31 heavy (non-hydrogen) atoms. The number of aliphatic hydroxyl groups is 1. The summed E-state index contributed by atoms with van der Waals surface area (Å²) in [5, 5.41) is 13.9. The van der Waals surface area contributed by atoms with Crippen LogP contribution in [-0.2, 0) is 0 Å². The maximum atomic E-state index is 11.4. The van der Waals surface area contributed by atoms with Gasteiger partial charge in [-0.2, -0.15) is 4.91 Å². The van der Waals surface area contributed by atoms with Crippen LogP contribution in [0.15, 0.2) is 5.18 Å². The smallest absolute Gasteiger partial charge is 0.0948 e. The van der Waals surface area contributed by atoms with E-state index in [0.717, 1.165) is 24.2 Å². The third kappa shape index (κ3) is 3.00. The SMILES string of the molecule is CC.CC1C(N=O)CCC2(C)C1CCC1(C)C2CCC2[C@H]3CCCC3(CO)CC[C@]21C. The third-order valence-electron chi connectivity index (χ3n) is 12.6. The molecule has 0 bridgehead atoms. The van der Waals surface area contributed by atoms with E-state index < -0.39 is 0 Å². The first-order valence-electron chi connectivity index (χ1n) is 13.7. The monoisotopic (exact) mass is 431 g/mol. The van der Waals surface area contributed by atoms with E-state index in [1.165, 1.54) is 64.2 Å². The molecule has 8 unspecified atom stereocenters. The minimum absolute atomic E-state index is 0.0442. The van der Waals surface area contributed by atoms with E-state index in [9.17, 15) is 10.0 Å². The maximum Gasteiger partial charge on any atom is 0.0948 e. The van der Waals surface area contributed by atoms with E-state index in [2.05, 4.69) is 32.9 Å². The van der Waals surface area contributed by atoms with Gasteiger partial charge in [0.25, 0.3) is 0 Å². The molecule has 0 aliphatic heterocycles. The second-order valence-electron chi connectivity index (χ2n) is 12.8. The standard InChI is InChI=1S/C26H43NO2.C2H6/c1-17-18-9-13-25(4)22(23(18,2)12-10-21(17)27-29)8-7-19-20-6-5-11-26(20,16-28)15-14-24(19,25)3;1-2/h17-22,28H,5-16H2,1-4H3;1-2H3/t17?,18?,19?,20-,21?,22?,23?,24-,25?,26?;/m1./s1. The molecule has 0 saturated heterocycles. The van der Waals surface area contributed by atoms with Crippen LogP contribution in [0.2, 0.25) is 0 Å². The van der Waals surface area contributed by atoms with Crippen LogP contribution in [0.25, 0.3) is 0 Å². The van der Waals surface area contributed by atoms with Crippen LogP contribution in [0.4, 0.5) is 0 Å². The Morgan fingerprint density at radius 1 is 0.806 bits per heavy atom. The summed E-state index contributed by atoms with van der Waals surface area (Å²) >= 11 is 0. The molecule has 1 N–H and O–H groups in total. The van der Waals surface area contributed by atoms with Gasteiger partial charge in [-0.1, -0.05) is 53.1 Å². The molecule has 0 heterocycles. The van der Waals surface area contributed by atoms with Crippen LogP contribution in [0.1, 0.15) is 112 Å². The minimum atomic E-state index is 0.0442. The zero-order valence-corrected chi connectivity index (χ0v) is 21.3. The van der Waals surface area contributed by atoms with Crippen LogP contribution >= 0.6 is 0 Å². The number of aliphatic hydroxyl groups excluding tert-OH is 1. The number of fused-ring (bicyclic) bond motifs is 7. The highest BCUT2D eigenvalue weighted by molar-refractivity contribution is 5.17. The van der Waals surface area contributed by atoms with Crippen molar-refractivity contribution in [1.82, 2.24) is 0 Å². The van der Waals surface area contributed by atoms with Crippen molar-refractivity contribution >= 4 is 0 Å². The second kappa shape index (κ2) is 8.10. The van der Waals surface area contributed by atoms with Gasteiger partial charge < -0.3 is 5.11 Å². The zero-order valence-electron chi connectivity index (χ0n) is 21.3. The van der Waals surface area contributed by atoms with Crippen molar-refractivity contribution in [1.29, 1.82) is 0 Å². The normalized spacial score (nSPS) is 55.6. The Hall–Kier alpha value is -0.440. The topological polar surface area (TPSA) is 49.7 Å². The zero-order chi connectivity index (χ0) is 22.7. The Morgan fingerprint density at radius 3 is 2.23 bits per heavy atom. The van der Waals surface area contributed by atoms with Crippen LogP contribution in [0.5, 0.6) is 0 Å². The summed E-state index contributed by atoms with van der Waals surface area (Å²) in [5.41, 5.74) is 1.45.